The fourth-order valence-electron chi connectivity index (χ4n) is 3.26. The topological polar surface area (TPSA) is 75.4 Å². The van der Waals surface area contributed by atoms with E-state index in [-0.39, 0.29) is 36.2 Å². The van der Waals surface area contributed by atoms with Crippen molar-refractivity contribution < 1.29 is 9.59 Å². The molecule has 2 atom stereocenters. The number of rotatable bonds is 5. The molecule has 1 heterocycles. The number of aryl methyl sites for hydroxylation is 1. The van der Waals surface area contributed by atoms with Gasteiger partial charge >= 0.3 is 0 Å². The maximum absolute atomic E-state index is 12.8. The number of hydrogen-bond acceptors (Lipinski definition) is 3. The fourth-order valence-corrected chi connectivity index (χ4v) is 3.26. The number of nitrogens with one attached hydrogen (secondary N) is 1. The van der Waals surface area contributed by atoms with Gasteiger partial charge in [-0.3, -0.25) is 9.59 Å². The van der Waals surface area contributed by atoms with Gasteiger partial charge in [-0.1, -0.05) is 37.3 Å². The fraction of sp³-hybridized carbons (Fsp3) is 0.364. The van der Waals surface area contributed by atoms with Gasteiger partial charge in [-0.15, -0.1) is 12.4 Å². The van der Waals surface area contributed by atoms with Crippen LogP contribution >= 0.6 is 12.4 Å². The van der Waals surface area contributed by atoms with Crippen molar-refractivity contribution in [3.63, 3.8) is 0 Å². The number of carbonyl (C=O) groups excluding carboxylic acids is 2. The molecule has 0 saturated heterocycles. The van der Waals surface area contributed by atoms with Gasteiger partial charge in [0.05, 0.1) is 12.3 Å². The number of fused-ring (bicyclic) bond motifs is 1. The molecule has 28 heavy (non-hydrogen) atoms. The van der Waals surface area contributed by atoms with Crippen LogP contribution in [0.15, 0.2) is 48.5 Å². The smallest absolute Gasteiger partial charge is 0.231 e. The predicted octanol–water partition coefficient (Wildman–Crippen LogP) is 3.55. The van der Waals surface area contributed by atoms with Crippen molar-refractivity contribution in [2.75, 3.05) is 16.8 Å². The summed E-state index contributed by atoms with van der Waals surface area (Å²) in [6, 6.07) is 15.4. The molecule has 0 fully saturated rings. The zero-order valence-electron chi connectivity index (χ0n) is 16.4. The van der Waals surface area contributed by atoms with E-state index >= 15 is 0 Å². The highest BCUT2D eigenvalue weighted by molar-refractivity contribution is 5.96. The monoisotopic (exact) mass is 401 g/mol. The Morgan fingerprint density at radius 1 is 1.11 bits per heavy atom. The Labute approximate surface area is 172 Å². The summed E-state index contributed by atoms with van der Waals surface area (Å²) in [7, 11) is 0. The second-order valence-corrected chi connectivity index (χ2v) is 7.29. The quantitative estimate of drug-likeness (QED) is 0.804. The lowest BCUT2D eigenvalue weighted by atomic mass is 10.0. The Balaban J connectivity index is 0.00000280. The standard InChI is InChI=1S/C22H27N3O2.ClH/c1-15(16(2)23)22(27)24-19-11-9-17(10-12-19)14-21(26)25-13-5-7-18-6-3-4-8-20(18)25;/h3-4,6,8-12,15-16H,5,7,13-14,23H2,1-2H3,(H,24,27);1H. The molecule has 6 heteroatoms. The largest absolute Gasteiger partial charge is 0.327 e. The van der Waals surface area contributed by atoms with Crippen molar-refractivity contribution in [1.29, 1.82) is 0 Å². The predicted molar refractivity (Wildman–Crippen MR) is 116 cm³/mol. The zero-order valence-corrected chi connectivity index (χ0v) is 17.2. The van der Waals surface area contributed by atoms with Crippen LogP contribution in [-0.2, 0) is 22.4 Å². The third-order valence-electron chi connectivity index (χ3n) is 5.19. The first kappa shape index (κ1) is 21.9. The van der Waals surface area contributed by atoms with Crippen LogP contribution in [0, 0.1) is 5.92 Å². The molecular weight excluding hydrogens is 374 g/mol. The molecular formula is C22H28ClN3O2. The highest BCUT2D eigenvalue weighted by Crippen LogP contribution is 2.27. The van der Waals surface area contributed by atoms with Crippen molar-refractivity contribution in [2.45, 2.75) is 39.2 Å². The summed E-state index contributed by atoms with van der Waals surface area (Å²) >= 11 is 0. The average Bonchev–Trinajstić information content (AvgIpc) is 2.68. The minimum Gasteiger partial charge on any atom is -0.327 e. The molecule has 0 aliphatic carbocycles. The van der Waals surface area contributed by atoms with Crippen LogP contribution < -0.4 is 16.0 Å². The summed E-state index contributed by atoms with van der Waals surface area (Å²) < 4.78 is 0. The summed E-state index contributed by atoms with van der Waals surface area (Å²) in [5, 5.41) is 2.87. The third kappa shape index (κ3) is 5.12. The molecule has 0 spiro atoms. The van der Waals surface area contributed by atoms with Gasteiger partial charge in [-0.05, 0) is 49.1 Å². The van der Waals surface area contributed by atoms with Crippen molar-refractivity contribution in [2.24, 2.45) is 11.7 Å². The van der Waals surface area contributed by atoms with E-state index in [4.69, 9.17) is 5.73 Å². The Hall–Kier alpha value is -2.37. The zero-order chi connectivity index (χ0) is 19.4. The van der Waals surface area contributed by atoms with Crippen LogP contribution in [-0.4, -0.2) is 24.4 Å². The number of benzene rings is 2. The third-order valence-corrected chi connectivity index (χ3v) is 5.19. The van der Waals surface area contributed by atoms with E-state index in [1.807, 2.05) is 61.2 Å². The molecule has 0 aromatic heterocycles. The second kappa shape index (κ2) is 9.71. The number of nitrogens with two attached hydrogens (primary N) is 1. The van der Waals surface area contributed by atoms with Crippen LogP contribution in [0.3, 0.4) is 0 Å². The van der Waals surface area contributed by atoms with Gasteiger partial charge in [-0.2, -0.15) is 0 Å². The van der Waals surface area contributed by atoms with Gasteiger partial charge in [0.25, 0.3) is 0 Å². The Kier molecular flexibility index (Phi) is 7.61. The average molecular weight is 402 g/mol. The molecule has 2 aromatic rings. The second-order valence-electron chi connectivity index (χ2n) is 7.29. The normalized spacial score (nSPS) is 15.0. The molecule has 1 aliphatic heterocycles. The highest BCUT2D eigenvalue weighted by Gasteiger charge is 2.22. The van der Waals surface area contributed by atoms with Crippen molar-refractivity contribution in [1.82, 2.24) is 0 Å². The summed E-state index contributed by atoms with van der Waals surface area (Å²) in [5.41, 5.74) is 9.68. The SMILES string of the molecule is CC(N)C(C)C(=O)Nc1ccc(CC(=O)N2CCCc3ccccc32)cc1.Cl. The van der Waals surface area contributed by atoms with E-state index in [0.29, 0.717) is 12.1 Å². The highest BCUT2D eigenvalue weighted by atomic mass is 35.5. The summed E-state index contributed by atoms with van der Waals surface area (Å²) in [6.07, 6.45) is 2.36. The number of halogens is 1. The number of para-hydroxylation sites is 1. The van der Waals surface area contributed by atoms with E-state index in [1.165, 1.54) is 5.56 Å². The summed E-state index contributed by atoms with van der Waals surface area (Å²) in [6.45, 7) is 4.39. The van der Waals surface area contributed by atoms with Crippen molar-refractivity contribution >= 4 is 35.6 Å². The minimum atomic E-state index is -0.259. The molecule has 2 unspecified atom stereocenters. The molecule has 0 saturated carbocycles. The van der Waals surface area contributed by atoms with E-state index in [0.717, 1.165) is 30.6 Å². The van der Waals surface area contributed by atoms with Crippen LogP contribution in [0.4, 0.5) is 11.4 Å². The number of nitrogens with zero attached hydrogens (tertiary/aromatic N) is 1. The van der Waals surface area contributed by atoms with E-state index < -0.39 is 0 Å². The lowest BCUT2D eigenvalue weighted by molar-refractivity contribution is -0.120. The maximum atomic E-state index is 12.8. The first-order chi connectivity index (χ1) is 13.0. The lowest BCUT2D eigenvalue weighted by Gasteiger charge is -2.29. The summed E-state index contributed by atoms with van der Waals surface area (Å²) in [5.74, 6) is -0.256. The van der Waals surface area contributed by atoms with Crippen molar-refractivity contribution in [3.8, 4) is 0 Å². The molecule has 0 radical (unpaired) electrons. The van der Waals surface area contributed by atoms with Crippen LogP contribution in [0.1, 0.15) is 31.4 Å². The van der Waals surface area contributed by atoms with Gasteiger partial charge in [0, 0.05) is 24.0 Å². The molecule has 3 rings (SSSR count). The molecule has 2 aromatic carbocycles. The lowest BCUT2D eigenvalue weighted by Crippen LogP contribution is -2.36. The minimum absolute atomic E-state index is 0. The Morgan fingerprint density at radius 3 is 2.46 bits per heavy atom. The van der Waals surface area contributed by atoms with E-state index in [2.05, 4.69) is 11.4 Å². The Morgan fingerprint density at radius 2 is 1.79 bits per heavy atom. The first-order valence-corrected chi connectivity index (χ1v) is 9.49. The molecule has 2 amide bonds. The Bertz CT molecular complexity index is 821. The summed E-state index contributed by atoms with van der Waals surface area (Å²) in [4.78, 5) is 26.8. The van der Waals surface area contributed by atoms with E-state index in [9.17, 15) is 9.59 Å². The van der Waals surface area contributed by atoms with Gasteiger partial charge in [0.2, 0.25) is 11.8 Å². The number of hydrogen-bond donors (Lipinski definition) is 2. The molecule has 1 aliphatic rings. The van der Waals surface area contributed by atoms with Crippen molar-refractivity contribution in [3.05, 3.63) is 59.7 Å². The molecule has 3 N–H and O–H groups in total. The van der Waals surface area contributed by atoms with E-state index in [1.54, 1.807) is 0 Å². The van der Waals surface area contributed by atoms with Crippen LogP contribution in [0.5, 0.6) is 0 Å². The van der Waals surface area contributed by atoms with Gasteiger partial charge in [-0.25, -0.2) is 0 Å². The van der Waals surface area contributed by atoms with Gasteiger partial charge < -0.3 is 16.0 Å². The van der Waals surface area contributed by atoms with Crippen LogP contribution in [0.25, 0.3) is 0 Å². The van der Waals surface area contributed by atoms with Gasteiger partial charge in [0.1, 0.15) is 0 Å². The first-order valence-electron chi connectivity index (χ1n) is 9.49. The van der Waals surface area contributed by atoms with Crippen LogP contribution in [0.2, 0.25) is 0 Å². The van der Waals surface area contributed by atoms with Gasteiger partial charge in [0.15, 0.2) is 0 Å². The number of carbonyl (C=O) groups is 2. The molecule has 150 valence electrons. The maximum Gasteiger partial charge on any atom is 0.231 e. The number of amides is 2. The number of anilines is 2. The molecule has 0 bridgehead atoms. The molecule has 5 nitrogen and oxygen atoms in total.